The molecule has 0 aliphatic carbocycles. The van der Waals surface area contributed by atoms with Crippen LogP contribution in [0.15, 0.2) is 47.8 Å². The number of morpholine rings is 1. The normalized spacial score (nSPS) is 14.2. The van der Waals surface area contributed by atoms with Crippen LogP contribution < -0.4 is 10.3 Å². The van der Waals surface area contributed by atoms with Crippen LogP contribution >= 0.6 is 11.6 Å². The highest BCUT2D eigenvalue weighted by atomic mass is 35.5. The van der Waals surface area contributed by atoms with E-state index in [2.05, 4.69) is 25.5 Å². The number of aromatic nitrogens is 3. The minimum Gasteiger partial charge on any atom is -0.378 e. The summed E-state index contributed by atoms with van der Waals surface area (Å²) in [4.78, 5) is 14.4. The molecule has 1 fully saturated rings. The smallest absolute Gasteiger partial charge is 0.245 e. The highest BCUT2D eigenvalue weighted by Crippen LogP contribution is 2.22. The monoisotopic (exact) mass is 440 g/mol. The zero-order chi connectivity index (χ0) is 21.6. The van der Waals surface area contributed by atoms with E-state index in [1.807, 2.05) is 42.2 Å². The Balaban J connectivity index is 1.39. The van der Waals surface area contributed by atoms with E-state index in [1.165, 1.54) is 0 Å². The third-order valence-electron chi connectivity index (χ3n) is 4.98. The molecule has 9 heteroatoms. The molecule has 160 valence electrons. The topological polar surface area (TPSA) is 75.5 Å². The summed E-state index contributed by atoms with van der Waals surface area (Å²) in [5.74, 6) is -0.0132. The third kappa shape index (κ3) is 5.34. The molecule has 0 bridgehead atoms. The maximum Gasteiger partial charge on any atom is 0.245 e. The van der Waals surface area contributed by atoms with Crippen molar-refractivity contribution in [2.24, 2.45) is 5.10 Å². The van der Waals surface area contributed by atoms with E-state index in [0.717, 1.165) is 27.9 Å². The van der Waals surface area contributed by atoms with Crippen LogP contribution in [0.2, 0.25) is 5.02 Å². The predicted octanol–water partition coefficient (Wildman–Crippen LogP) is 3.85. The average Bonchev–Trinajstić information content (AvgIpc) is 2.79. The van der Waals surface area contributed by atoms with Gasteiger partial charge in [0.1, 0.15) is 0 Å². The molecule has 0 saturated carbocycles. The van der Waals surface area contributed by atoms with Crippen LogP contribution in [0.1, 0.15) is 22.4 Å². The Hall–Kier alpha value is -3.10. The van der Waals surface area contributed by atoms with Gasteiger partial charge < -0.3 is 9.64 Å². The number of ether oxygens (including phenoxy) is 1. The lowest BCUT2D eigenvalue weighted by atomic mass is 10.0. The molecule has 3 aromatic rings. The number of pyridine rings is 1. The number of hydrogen-bond acceptors (Lipinski definition) is 7. The molecule has 31 heavy (non-hydrogen) atoms. The molecule has 4 rings (SSSR count). The van der Waals surface area contributed by atoms with Crippen molar-refractivity contribution in [1.29, 1.82) is 0 Å². The molecule has 0 spiro atoms. The van der Waals surface area contributed by atoms with Gasteiger partial charge in [-0.15, -0.1) is 0 Å². The van der Waals surface area contributed by atoms with Gasteiger partial charge in [0.25, 0.3) is 0 Å². The number of nitrogens with one attached hydrogen (secondary N) is 1. The highest BCUT2D eigenvalue weighted by molar-refractivity contribution is 6.31. The summed E-state index contributed by atoms with van der Waals surface area (Å²) in [6, 6.07) is 9.75. The van der Waals surface area contributed by atoms with Crippen molar-refractivity contribution in [3.8, 4) is 0 Å². The standard InChI is InChI=1S/C22H22ClFN6O/c1-15-3-2-4-19(23)18(15)11-16-5-6-17(25-12-16)13-27-29-22-26-14-20(24)21(28-22)30-7-9-31-10-8-30/h2-6,12-14H,7-11H2,1H3,(H,26,28,29)/b27-13-. The maximum atomic E-state index is 14.1. The van der Waals surface area contributed by atoms with Gasteiger partial charge in [0.2, 0.25) is 5.95 Å². The van der Waals surface area contributed by atoms with Crippen LogP contribution in [-0.2, 0) is 11.2 Å². The summed E-state index contributed by atoms with van der Waals surface area (Å²) >= 11 is 6.31. The van der Waals surface area contributed by atoms with Crippen LogP contribution in [-0.4, -0.2) is 47.5 Å². The first-order valence-corrected chi connectivity index (χ1v) is 10.3. The van der Waals surface area contributed by atoms with Crippen molar-refractivity contribution in [2.75, 3.05) is 36.6 Å². The molecule has 2 aromatic heterocycles. The van der Waals surface area contributed by atoms with Gasteiger partial charge in [-0.1, -0.05) is 29.8 Å². The van der Waals surface area contributed by atoms with Gasteiger partial charge in [0, 0.05) is 30.7 Å². The van der Waals surface area contributed by atoms with Crippen LogP contribution in [0.25, 0.3) is 0 Å². The molecule has 1 aromatic carbocycles. The Labute approximate surface area is 185 Å². The van der Waals surface area contributed by atoms with Gasteiger partial charge in [-0.3, -0.25) is 4.98 Å². The van der Waals surface area contributed by atoms with Crippen LogP contribution in [0.3, 0.4) is 0 Å². The van der Waals surface area contributed by atoms with E-state index in [9.17, 15) is 4.39 Å². The summed E-state index contributed by atoms with van der Waals surface area (Å²) in [6.07, 6.45) is 5.21. The third-order valence-corrected chi connectivity index (χ3v) is 5.33. The highest BCUT2D eigenvalue weighted by Gasteiger charge is 2.17. The lowest BCUT2D eigenvalue weighted by Crippen LogP contribution is -2.37. The van der Waals surface area contributed by atoms with Gasteiger partial charge in [0.05, 0.1) is 31.3 Å². The van der Waals surface area contributed by atoms with Crippen molar-refractivity contribution in [1.82, 2.24) is 15.0 Å². The summed E-state index contributed by atoms with van der Waals surface area (Å²) in [5.41, 5.74) is 6.70. The molecular weight excluding hydrogens is 419 g/mol. The van der Waals surface area contributed by atoms with Crippen LogP contribution in [0.4, 0.5) is 16.2 Å². The number of benzene rings is 1. The molecule has 0 unspecified atom stereocenters. The second kappa shape index (κ2) is 9.80. The average molecular weight is 441 g/mol. The maximum absolute atomic E-state index is 14.1. The van der Waals surface area contributed by atoms with E-state index in [-0.39, 0.29) is 11.8 Å². The molecule has 1 N–H and O–H groups in total. The summed E-state index contributed by atoms with van der Waals surface area (Å²) in [5, 5.41) is 4.88. The fourth-order valence-electron chi connectivity index (χ4n) is 3.28. The van der Waals surface area contributed by atoms with Crippen molar-refractivity contribution >= 4 is 29.6 Å². The van der Waals surface area contributed by atoms with Gasteiger partial charge >= 0.3 is 0 Å². The molecule has 3 heterocycles. The lowest BCUT2D eigenvalue weighted by molar-refractivity contribution is 0.122. The largest absolute Gasteiger partial charge is 0.378 e. The zero-order valence-corrected chi connectivity index (χ0v) is 17.8. The summed E-state index contributed by atoms with van der Waals surface area (Å²) < 4.78 is 19.4. The van der Waals surface area contributed by atoms with Gasteiger partial charge in [0.15, 0.2) is 11.6 Å². The van der Waals surface area contributed by atoms with E-state index >= 15 is 0 Å². The molecule has 0 amide bonds. The fourth-order valence-corrected chi connectivity index (χ4v) is 3.56. The second-order valence-corrected chi connectivity index (χ2v) is 7.55. The molecule has 1 saturated heterocycles. The number of rotatable bonds is 6. The zero-order valence-electron chi connectivity index (χ0n) is 17.1. The van der Waals surface area contributed by atoms with Crippen molar-refractivity contribution < 1.29 is 9.13 Å². The molecule has 7 nitrogen and oxygen atoms in total. The van der Waals surface area contributed by atoms with Crippen molar-refractivity contribution in [3.05, 3.63) is 75.9 Å². The number of halogens is 2. The van der Waals surface area contributed by atoms with E-state index in [0.29, 0.717) is 38.4 Å². The van der Waals surface area contributed by atoms with Gasteiger partial charge in [-0.25, -0.2) is 14.8 Å². The SMILES string of the molecule is Cc1cccc(Cl)c1Cc1ccc(/C=N\Nc2ncc(F)c(N3CCOCC3)n2)nc1. The first-order valence-electron chi connectivity index (χ1n) is 9.93. The van der Waals surface area contributed by atoms with E-state index in [4.69, 9.17) is 16.3 Å². The number of anilines is 2. The molecule has 1 aliphatic heterocycles. The number of hydrogen-bond donors (Lipinski definition) is 1. The minimum atomic E-state index is -0.470. The first kappa shape index (κ1) is 21.1. The molecular formula is C22H22ClFN6O. The second-order valence-electron chi connectivity index (χ2n) is 7.14. The Morgan fingerprint density at radius 2 is 2.03 bits per heavy atom. The first-order chi connectivity index (χ1) is 15.1. The fraction of sp³-hybridized carbons (Fsp3) is 0.273. The van der Waals surface area contributed by atoms with E-state index < -0.39 is 5.82 Å². The molecule has 1 aliphatic rings. The van der Waals surface area contributed by atoms with Crippen LogP contribution in [0, 0.1) is 12.7 Å². The summed E-state index contributed by atoms with van der Waals surface area (Å²) in [6.45, 7) is 4.30. The van der Waals surface area contributed by atoms with Gasteiger partial charge in [-0.2, -0.15) is 10.1 Å². The lowest BCUT2D eigenvalue weighted by Gasteiger charge is -2.27. The number of aryl methyl sites for hydroxylation is 1. The van der Waals surface area contributed by atoms with Crippen molar-refractivity contribution in [2.45, 2.75) is 13.3 Å². The molecule has 0 radical (unpaired) electrons. The Bertz CT molecular complexity index is 1050. The Morgan fingerprint density at radius 1 is 1.19 bits per heavy atom. The van der Waals surface area contributed by atoms with Crippen molar-refractivity contribution in [3.63, 3.8) is 0 Å². The minimum absolute atomic E-state index is 0.213. The predicted molar refractivity (Wildman–Crippen MR) is 119 cm³/mol. The van der Waals surface area contributed by atoms with E-state index in [1.54, 1.807) is 12.4 Å². The number of nitrogens with zero attached hydrogens (tertiary/aromatic N) is 5. The molecule has 0 atom stereocenters. The van der Waals surface area contributed by atoms with Gasteiger partial charge in [-0.05, 0) is 35.7 Å². The summed E-state index contributed by atoms with van der Waals surface area (Å²) in [7, 11) is 0. The Morgan fingerprint density at radius 3 is 2.77 bits per heavy atom. The quantitative estimate of drug-likeness (QED) is 0.463. The number of hydrazone groups is 1. The van der Waals surface area contributed by atoms with Crippen LogP contribution in [0.5, 0.6) is 0 Å². The Kier molecular flexibility index (Phi) is 6.69.